The van der Waals surface area contributed by atoms with Crippen molar-refractivity contribution < 1.29 is 13.5 Å². The van der Waals surface area contributed by atoms with E-state index in [0.29, 0.717) is 13.0 Å². The fourth-order valence-corrected chi connectivity index (χ4v) is 1.97. The molecule has 0 radical (unpaired) electrons. The first-order chi connectivity index (χ1) is 8.58. The lowest BCUT2D eigenvalue weighted by atomic mass is 10.0. The third-order valence-corrected chi connectivity index (χ3v) is 2.90. The van der Waals surface area contributed by atoms with Gasteiger partial charge in [-0.15, -0.1) is 0 Å². The predicted octanol–water partition coefficient (Wildman–Crippen LogP) is 2.91. The van der Waals surface area contributed by atoms with Crippen LogP contribution in [0.2, 0.25) is 0 Å². The predicted molar refractivity (Wildman–Crippen MR) is 68.6 cm³/mol. The minimum atomic E-state index is -0.809. The van der Waals surface area contributed by atoms with Crippen molar-refractivity contribution in [3.8, 4) is 0 Å². The van der Waals surface area contributed by atoms with Crippen molar-refractivity contribution in [1.82, 2.24) is 5.32 Å². The molecule has 0 bridgehead atoms. The van der Waals surface area contributed by atoms with Crippen LogP contribution in [0, 0.1) is 11.6 Å². The molecule has 0 saturated heterocycles. The zero-order valence-electron chi connectivity index (χ0n) is 11.2. The van der Waals surface area contributed by atoms with Crippen molar-refractivity contribution in [2.75, 3.05) is 13.2 Å². The first-order valence-corrected chi connectivity index (χ1v) is 6.37. The van der Waals surface area contributed by atoms with Gasteiger partial charge in [0.25, 0.3) is 0 Å². The molecule has 2 atom stereocenters. The number of hydrogen-bond donors (Lipinski definition) is 1. The second-order valence-corrected chi connectivity index (χ2v) is 4.28. The molecule has 102 valence electrons. The van der Waals surface area contributed by atoms with Gasteiger partial charge in [-0.2, -0.15) is 0 Å². The zero-order valence-corrected chi connectivity index (χ0v) is 11.2. The van der Waals surface area contributed by atoms with E-state index in [4.69, 9.17) is 4.74 Å². The molecule has 0 fully saturated rings. The van der Waals surface area contributed by atoms with Crippen molar-refractivity contribution in [1.29, 1.82) is 0 Å². The molecule has 0 saturated carbocycles. The highest BCUT2D eigenvalue weighted by atomic mass is 19.2. The number of benzene rings is 1. The zero-order chi connectivity index (χ0) is 13.5. The Hall–Kier alpha value is -1.00. The second kappa shape index (κ2) is 7.44. The van der Waals surface area contributed by atoms with Crippen LogP contribution in [0.5, 0.6) is 0 Å². The third-order valence-electron chi connectivity index (χ3n) is 2.90. The van der Waals surface area contributed by atoms with Gasteiger partial charge in [-0.05, 0) is 44.5 Å². The van der Waals surface area contributed by atoms with E-state index in [0.717, 1.165) is 12.1 Å². The normalized spacial score (nSPS) is 14.5. The molecule has 1 N–H and O–H groups in total. The van der Waals surface area contributed by atoms with Gasteiger partial charge in [0.1, 0.15) is 0 Å². The Balaban J connectivity index is 2.72. The van der Waals surface area contributed by atoms with Crippen LogP contribution in [0.4, 0.5) is 8.78 Å². The molecule has 1 rings (SSSR count). The number of nitrogens with one attached hydrogen (secondary N) is 1. The lowest BCUT2D eigenvalue weighted by Crippen LogP contribution is -2.41. The van der Waals surface area contributed by atoms with Crippen LogP contribution < -0.4 is 5.32 Å². The minimum Gasteiger partial charge on any atom is -0.377 e. The van der Waals surface area contributed by atoms with Gasteiger partial charge < -0.3 is 10.1 Å². The molecule has 4 heteroatoms. The highest BCUT2D eigenvalue weighted by molar-refractivity contribution is 5.19. The van der Waals surface area contributed by atoms with E-state index >= 15 is 0 Å². The van der Waals surface area contributed by atoms with Gasteiger partial charge in [-0.25, -0.2) is 8.78 Å². The molecule has 18 heavy (non-hydrogen) atoms. The summed E-state index contributed by atoms with van der Waals surface area (Å²) in [7, 11) is 0. The molecule has 0 spiro atoms. The van der Waals surface area contributed by atoms with Gasteiger partial charge >= 0.3 is 0 Å². The first-order valence-electron chi connectivity index (χ1n) is 6.37. The van der Waals surface area contributed by atoms with E-state index in [-0.39, 0.29) is 12.1 Å². The molecule has 0 aliphatic carbocycles. The standard InChI is InChI=1S/C14H21F2NO/c1-4-17-14(10(3)18-5-2)9-11-6-7-12(15)13(16)8-11/h6-8,10,14,17H,4-5,9H2,1-3H3. The number of halogens is 2. The summed E-state index contributed by atoms with van der Waals surface area (Å²) in [5, 5.41) is 3.31. The van der Waals surface area contributed by atoms with Gasteiger partial charge in [0.05, 0.1) is 6.10 Å². The molecular formula is C14H21F2NO. The average molecular weight is 257 g/mol. The largest absolute Gasteiger partial charge is 0.377 e. The van der Waals surface area contributed by atoms with Crippen LogP contribution in [-0.2, 0) is 11.2 Å². The van der Waals surface area contributed by atoms with E-state index in [9.17, 15) is 8.78 Å². The van der Waals surface area contributed by atoms with Crippen LogP contribution in [0.25, 0.3) is 0 Å². The fraction of sp³-hybridized carbons (Fsp3) is 0.571. The Morgan fingerprint density at radius 1 is 1.22 bits per heavy atom. The molecule has 0 aromatic heterocycles. The molecule has 0 aliphatic heterocycles. The van der Waals surface area contributed by atoms with E-state index in [1.807, 2.05) is 20.8 Å². The monoisotopic (exact) mass is 257 g/mol. The number of likely N-dealkylation sites (N-methyl/N-ethyl adjacent to an activating group) is 1. The number of ether oxygens (including phenoxy) is 1. The maximum atomic E-state index is 13.1. The van der Waals surface area contributed by atoms with Crippen molar-refractivity contribution >= 4 is 0 Å². The van der Waals surface area contributed by atoms with E-state index in [1.54, 1.807) is 6.07 Å². The summed E-state index contributed by atoms with van der Waals surface area (Å²) >= 11 is 0. The maximum absolute atomic E-state index is 13.1. The maximum Gasteiger partial charge on any atom is 0.159 e. The SMILES string of the molecule is CCNC(Cc1ccc(F)c(F)c1)C(C)OCC. The van der Waals surface area contributed by atoms with Crippen molar-refractivity contribution in [3.05, 3.63) is 35.4 Å². The Morgan fingerprint density at radius 2 is 1.94 bits per heavy atom. The Morgan fingerprint density at radius 3 is 2.50 bits per heavy atom. The van der Waals surface area contributed by atoms with Gasteiger partial charge in [-0.3, -0.25) is 0 Å². The summed E-state index contributed by atoms with van der Waals surface area (Å²) in [5.74, 6) is -1.61. The number of rotatable bonds is 7. The highest BCUT2D eigenvalue weighted by Crippen LogP contribution is 2.13. The van der Waals surface area contributed by atoms with E-state index < -0.39 is 11.6 Å². The van der Waals surface area contributed by atoms with Gasteiger partial charge in [-0.1, -0.05) is 13.0 Å². The Labute approximate surface area is 107 Å². The van der Waals surface area contributed by atoms with Crippen molar-refractivity contribution in [3.63, 3.8) is 0 Å². The lowest BCUT2D eigenvalue weighted by molar-refractivity contribution is 0.0480. The topological polar surface area (TPSA) is 21.3 Å². The summed E-state index contributed by atoms with van der Waals surface area (Å²) in [6.45, 7) is 7.39. The van der Waals surface area contributed by atoms with Crippen molar-refractivity contribution in [2.45, 2.75) is 39.3 Å². The van der Waals surface area contributed by atoms with Crippen LogP contribution in [0.3, 0.4) is 0 Å². The molecule has 1 aromatic rings. The fourth-order valence-electron chi connectivity index (χ4n) is 1.97. The average Bonchev–Trinajstić information content (AvgIpc) is 2.33. The lowest BCUT2D eigenvalue weighted by Gasteiger charge is -2.24. The molecule has 1 aromatic carbocycles. The van der Waals surface area contributed by atoms with E-state index in [2.05, 4.69) is 5.32 Å². The summed E-state index contributed by atoms with van der Waals surface area (Å²) in [4.78, 5) is 0. The smallest absolute Gasteiger partial charge is 0.159 e. The van der Waals surface area contributed by atoms with E-state index in [1.165, 1.54) is 12.1 Å². The minimum absolute atomic E-state index is 0.0306. The van der Waals surface area contributed by atoms with Crippen molar-refractivity contribution in [2.24, 2.45) is 0 Å². The van der Waals surface area contributed by atoms with Gasteiger partial charge in [0, 0.05) is 12.6 Å². The molecule has 0 heterocycles. The van der Waals surface area contributed by atoms with Gasteiger partial charge in [0.15, 0.2) is 11.6 Å². The Kier molecular flexibility index (Phi) is 6.22. The molecule has 0 aliphatic rings. The summed E-state index contributed by atoms with van der Waals surface area (Å²) in [6, 6.07) is 4.12. The molecule has 0 amide bonds. The quantitative estimate of drug-likeness (QED) is 0.811. The number of hydrogen-bond acceptors (Lipinski definition) is 2. The Bertz CT molecular complexity index is 371. The summed E-state index contributed by atoms with van der Waals surface area (Å²) in [6.07, 6.45) is 0.648. The second-order valence-electron chi connectivity index (χ2n) is 4.28. The molecular weight excluding hydrogens is 236 g/mol. The van der Waals surface area contributed by atoms with Crippen LogP contribution in [0.15, 0.2) is 18.2 Å². The summed E-state index contributed by atoms with van der Waals surface area (Å²) in [5.41, 5.74) is 0.770. The molecule has 2 unspecified atom stereocenters. The van der Waals surface area contributed by atoms with Crippen LogP contribution in [-0.4, -0.2) is 25.3 Å². The van der Waals surface area contributed by atoms with Crippen LogP contribution in [0.1, 0.15) is 26.3 Å². The third kappa shape index (κ3) is 4.35. The first kappa shape index (κ1) is 15.1. The summed E-state index contributed by atoms with van der Waals surface area (Å²) < 4.78 is 31.5. The van der Waals surface area contributed by atoms with Crippen LogP contribution >= 0.6 is 0 Å². The van der Waals surface area contributed by atoms with Gasteiger partial charge in [0.2, 0.25) is 0 Å². The molecule has 2 nitrogen and oxygen atoms in total. The highest BCUT2D eigenvalue weighted by Gasteiger charge is 2.17.